The highest BCUT2D eigenvalue weighted by Gasteiger charge is 2.12. The van der Waals surface area contributed by atoms with Crippen LogP contribution in [-0.2, 0) is 7.05 Å². The molecule has 7 heteroatoms. The Labute approximate surface area is 144 Å². The van der Waals surface area contributed by atoms with E-state index in [9.17, 15) is 0 Å². The molecule has 4 aromatic rings. The Morgan fingerprint density at radius 3 is 2.76 bits per heavy atom. The molecule has 3 aromatic heterocycles. The second kappa shape index (κ2) is 6.20. The lowest BCUT2D eigenvalue weighted by molar-refractivity contribution is 0.415. The number of pyridine rings is 1. The highest BCUT2D eigenvalue weighted by atomic mass is 16.5. The van der Waals surface area contributed by atoms with Gasteiger partial charge in [-0.25, -0.2) is 15.0 Å². The molecule has 25 heavy (non-hydrogen) atoms. The second-order valence-electron chi connectivity index (χ2n) is 5.47. The molecule has 0 aliphatic heterocycles. The van der Waals surface area contributed by atoms with Crippen LogP contribution in [0.3, 0.4) is 0 Å². The van der Waals surface area contributed by atoms with Crippen LogP contribution in [0.25, 0.3) is 22.6 Å². The summed E-state index contributed by atoms with van der Waals surface area (Å²) in [5.41, 5.74) is 2.65. The fourth-order valence-corrected chi connectivity index (χ4v) is 2.66. The normalized spacial score (nSPS) is 10.8. The number of benzene rings is 1. The third-order valence-corrected chi connectivity index (χ3v) is 3.89. The van der Waals surface area contributed by atoms with Gasteiger partial charge in [0.1, 0.15) is 23.1 Å². The number of ether oxygens (including phenoxy) is 1. The van der Waals surface area contributed by atoms with Crippen molar-refractivity contribution in [2.75, 3.05) is 12.4 Å². The highest BCUT2D eigenvalue weighted by Crippen LogP contribution is 2.26. The van der Waals surface area contributed by atoms with Crippen LogP contribution in [-0.4, -0.2) is 31.6 Å². The van der Waals surface area contributed by atoms with Crippen molar-refractivity contribution in [3.63, 3.8) is 0 Å². The van der Waals surface area contributed by atoms with Gasteiger partial charge in [-0.3, -0.25) is 4.98 Å². The number of anilines is 2. The maximum atomic E-state index is 5.27. The number of aromatic nitrogens is 5. The van der Waals surface area contributed by atoms with Gasteiger partial charge >= 0.3 is 0 Å². The average molecular weight is 332 g/mol. The molecule has 4 rings (SSSR count). The van der Waals surface area contributed by atoms with Gasteiger partial charge in [-0.05, 0) is 24.3 Å². The van der Waals surface area contributed by atoms with Crippen LogP contribution in [0.2, 0.25) is 0 Å². The Hall–Kier alpha value is -3.48. The lowest BCUT2D eigenvalue weighted by Gasteiger charge is -2.06. The van der Waals surface area contributed by atoms with E-state index in [1.165, 1.54) is 0 Å². The Morgan fingerprint density at radius 2 is 1.96 bits per heavy atom. The van der Waals surface area contributed by atoms with E-state index in [0.29, 0.717) is 11.6 Å². The second-order valence-corrected chi connectivity index (χ2v) is 5.47. The molecule has 0 saturated heterocycles. The number of hydrogen-bond donors (Lipinski definition) is 1. The molecule has 1 N–H and O–H groups in total. The van der Waals surface area contributed by atoms with Crippen LogP contribution >= 0.6 is 0 Å². The Bertz CT molecular complexity index is 1030. The number of fused-ring (bicyclic) bond motifs is 1. The van der Waals surface area contributed by atoms with Crippen LogP contribution in [0, 0.1) is 0 Å². The number of methoxy groups -OCH3 is 1. The van der Waals surface area contributed by atoms with Gasteiger partial charge in [-0.2, -0.15) is 0 Å². The van der Waals surface area contributed by atoms with Crippen molar-refractivity contribution in [2.24, 2.45) is 7.05 Å². The lowest BCUT2D eigenvalue weighted by Crippen LogP contribution is -1.99. The van der Waals surface area contributed by atoms with Crippen LogP contribution < -0.4 is 10.1 Å². The SMILES string of the molecule is COc1ccc2c(c1)nc(-c1cccc(Nc3cnccn3)n1)n2C. The molecule has 124 valence electrons. The molecule has 0 atom stereocenters. The molecule has 0 radical (unpaired) electrons. The van der Waals surface area contributed by atoms with E-state index < -0.39 is 0 Å². The zero-order chi connectivity index (χ0) is 17.2. The number of hydrogen-bond acceptors (Lipinski definition) is 6. The van der Waals surface area contributed by atoms with E-state index >= 15 is 0 Å². The first-order chi connectivity index (χ1) is 12.2. The van der Waals surface area contributed by atoms with Gasteiger partial charge < -0.3 is 14.6 Å². The number of aryl methyl sites for hydroxylation is 1. The molecule has 0 aliphatic carbocycles. The van der Waals surface area contributed by atoms with Crippen LogP contribution in [0.5, 0.6) is 5.75 Å². The van der Waals surface area contributed by atoms with Crippen LogP contribution in [0.1, 0.15) is 0 Å². The summed E-state index contributed by atoms with van der Waals surface area (Å²) in [7, 11) is 3.62. The summed E-state index contributed by atoms with van der Waals surface area (Å²) in [6.07, 6.45) is 4.91. The van der Waals surface area contributed by atoms with Gasteiger partial charge in [0.2, 0.25) is 0 Å². The van der Waals surface area contributed by atoms with Crippen molar-refractivity contribution in [3.05, 3.63) is 55.0 Å². The maximum absolute atomic E-state index is 5.27. The van der Waals surface area contributed by atoms with Crippen molar-refractivity contribution in [1.29, 1.82) is 0 Å². The average Bonchev–Trinajstić information content (AvgIpc) is 2.99. The largest absolute Gasteiger partial charge is 0.497 e. The number of nitrogens with zero attached hydrogens (tertiary/aromatic N) is 5. The van der Waals surface area contributed by atoms with Crippen molar-refractivity contribution in [1.82, 2.24) is 24.5 Å². The number of rotatable bonds is 4. The third kappa shape index (κ3) is 2.87. The molecule has 7 nitrogen and oxygen atoms in total. The van der Waals surface area contributed by atoms with Gasteiger partial charge in [0.05, 0.1) is 24.3 Å². The minimum atomic E-state index is 0.641. The molecule has 0 spiro atoms. The van der Waals surface area contributed by atoms with E-state index in [-0.39, 0.29) is 0 Å². The van der Waals surface area contributed by atoms with Crippen LogP contribution in [0.4, 0.5) is 11.6 Å². The maximum Gasteiger partial charge on any atom is 0.159 e. The zero-order valence-electron chi connectivity index (χ0n) is 13.8. The summed E-state index contributed by atoms with van der Waals surface area (Å²) in [5.74, 6) is 2.89. The molecular formula is C18H16N6O. The summed E-state index contributed by atoms with van der Waals surface area (Å²) in [6, 6.07) is 11.6. The first-order valence-corrected chi connectivity index (χ1v) is 7.75. The summed E-state index contributed by atoms with van der Waals surface area (Å²) >= 11 is 0. The Morgan fingerprint density at radius 1 is 1.04 bits per heavy atom. The van der Waals surface area contributed by atoms with Crippen molar-refractivity contribution >= 4 is 22.7 Å². The van der Waals surface area contributed by atoms with Crippen LogP contribution in [0.15, 0.2) is 55.0 Å². The zero-order valence-corrected chi connectivity index (χ0v) is 13.8. The highest BCUT2D eigenvalue weighted by molar-refractivity contribution is 5.81. The van der Waals surface area contributed by atoms with Gasteiger partial charge in [0.15, 0.2) is 5.82 Å². The molecule has 0 fully saturated rings. The fourth-order valence-electron chi connectivity index (χ4n) is 2.66. The molecule has 1 aromatic carbocycles. The van der Waals surface area contributed by atoms with E-state index in [2.05, 4.69) is 20.3 Å². The summed E-state index contributed by atoms with van der Waals surface area (Å²) in [6.45, 7) is 0. The molecule has 0 bridgehead atoms. The smallest absolute Gasteiger partial charge is 0.159 e. The van der Waals surface area contributed by atoms with E-state index in [0.717, 1.165) is 28.3 Å². The summed E-state index contributed by atoms with van der Waals surface area (Å²) in [5, 5.41) is 3.14. The summed E-state index contributed by atoms with van der Waals surface area (Å²) in [4.78, 5) is 17.6. The molecule has 0 unspecified atom stereocenters. The minimum absolute atomic E-state index is 0.641. The van der Waals surface area contributed by atoms with Gasteiger partial charge in [0.25, 0.3) is 0 Å². The van der Waals surface area contributed by atoms with Gasteiger partial charge in [0, 0.05) is 25.5 Å². The fraction of sp³-hybridized carbons (Fsp3) is 0.111. The number of imidazole rings is 1. The monoisotopic (exact) mass is 332 g/mol. The predicted molar refractivity (Wildman–Crippen MR) is 95.8 cm³/mol. The summed E-state index contributed by atoms with van der Waals surface area (Å²) < 4.78 is 7.29. The van der Waals surface area contributed by atoms with Gasteiger partial charge in [-0.1, -0.05) is 6.07 Å². The van der Waals surface area contributed by atoms with Gasteiger partial charge in [-0.15, -0.1) is 0 Å². The quantitative estimate of drug-likeness (QED) is 0.618. The van der Waals surface area contributed by atoms with E-state index in [4.69, 9.17) is 9.72 Å². The van der Waals surface area contributed by atoms with E-state index in [1.54, 1.807) is 25.7 Å². The third-order valence-electron chi connectivity index (χ3n) is 3.89. The molecule has 3 heterocycles. The van der Waals surface area contributed by atoms with E-state index in [1.807, 2.05) is 48.0 Å². The first-order valence-electron chi connectivity index (χ1n) is 7.75. The standard InChI is InChI=1S/C18H16N6O/c1-24-15-7-6-12(25-2)10-14(15)22-18(24)13-4-3-5-16(21-13)23-17-11-19-8-9-20-17/h3-11H,1-2H3,(H,20,21,23). The topological polar surface area (TPSA) is 77.8 Å². The Balaban J connectivity index is 1.73. The predicted octanol–water partition coefficient (Wildman–Crippen LogP) is 3.18. The molecular weight excluding hydrogens is 316 g/mol. The Kier molecular flexibility index (Phi) is 3.74. The first kappa shape index (κ1) is 15.1. The minimum Gasteiger partial charge on any atom is -0.497 e. The molecule has 0 amide bonds. The lowest BCUT2D eigenvalue weighted by atomic mass is 10.3. The molecule has 0 saturated carbocycles. The number of nitrogens with one attached hydrogen (secondary N) is 1. The van der Waals surface area contributed by atoms with Crippen molar-refractivity contribution < 1.29 is 4.74 Å². The van der Waals surface area contributed by atoms with Crippen molar-refractivity contribution in [3.8, 4) is 17.3 Å². The molecule has 0 aliphatic rings. The van der Waals surface area contributed by atoms with Crippen molar-refractivity contribution in [2.45, 2.75) is 0 Å².